The molecule has 1 aromatic rings. The van der Waals surface area contributed by atoms with Gasteiger partial charge >= 0.3 is 5.97 Å². The lowest BCUT2D eigenvalue weighted by atomic mass is 9.85. The summed E-state index contributed by atoms with van der Waals surface area (Å²) in [7, 11) is 0. The first-order valence-electron chi connectivity index (χ1n) is 6.26. The lowest BCUT2D eigenvalue weighted by molar-refractivity contribution is -0.136. The number of carbonyl (C=O) groups is 1. The van der Waals surface area contributed by atoms with E-state index < -0.39 is 5.97 Å². The van der Waals surface area contributed by atoms with Crippen molar-refractivity contribution < 1.29 is 9.90 Å². The second kappa shape index (κ2) is 4.17. The number of aryl methyl sites for hydroxylation is 1. The van der Waals surface area contributed by atoms with Gasteiger partial charge in [0.1, 0.15) is 0 Å². The Kier molecular flexibility index (Phi) is 2.98. The molecule has 1 aliphatic rings. The highest BCUT2D eigenvalue weighted by molar-refractivity contribution is 5.71. The van der Waals surface area contributed by atoms with Crippen molar-refractivity contribution in [3.05, 3.63) is 34.4 Å². The van der Waals surface area contributed by atoms with Gasteiger partial charge in [0.2, 0.25) is 0 Å². The van der Waals surface area contributed by atoms with Crippen LogP contribution in [0, 0.1) is 12.3 Å². The van der Waals surface area contributed by atoms with Crippen LogP contribution in [0.5, 0.6) is 0 Å². The molecule has 0 amide bonds. The van der Waals surface area contributed by atoms with Crippen LogP contribution in [0.25, 0.3) is 0 Å². The zero-order valence-corrected chi connectivity index (χ0v) is 10.8. The normalized spacial score (nSPS) is 22.5. The Bertz CT molecular complexity index is 462. The molecule has 1 N–H and O–H groups in total. The van der Waals surface area contributed by atoms with Gasteiger partial charge in [0.05, 0.1) is 6.42 Å². The van der Waals surface area contributed by atoms with Crippen LogP contribution in [0.4, 0.5) is 0 Å². The lowest BCUT2D eigenvalue weighted by Crippen LogP contribution is -2.14. The molecule has 0 radical (unpaired) electrons. The SMILES string of the molecule is CCC1(C)Cc2cc(C)c(CC(=O)O)cc2C1. The summed E-state index contributed by atoms with van der Waals surface area (Å²) < 4.78 is 0. The Labute approximate surface area is 103 Å². The maximum absolute atomic E-state index is 10.8. The second-order valence-electron chi connectivity index (χ2n) is 5.64. The van der Waals surface area contributed by atoms with E-state index in [1.165, 1.54) is 17.5 Å². The molecular weight excluding hydrogens is 212 g/mol. The van der Waals surface area contributed by atoms with E-state index in [-0.39, 0.29) is 6.42 Å². The van der Waals surface area contributed by atoms with E-state index in [1.807, 2.05) is 6.92 Å². The van der Waals surface area contributed by atoms with Crippen molar-refractivity contribution in [1.82, 2.24) is 0 Å². The van der Waals surface area contributed by atoms with Crippen LogP contribution in [-0.4, -0.2) is 11.1 Å². The summed E-state index contributed by atoms with van der Waals surface area (Å²) in [5, 5.41) is 8.89. The van der Waals surface area contributed by atoms with Gasteiger partial charge < -0.3 is 5.11 Å². The average molecular weight is 232 g/mol. The van der Waals surface area contributed by atoms with Crippen LogP contribution in [0.2, 0.25) is 0 Å². The molecule has 92 valence electrons. The molecular formula is C15H20O2. The molecule has 17 heavy (non-hydrogen) atoms. The third-order valence-corrected chi connectivity index (χ3v) is 4.09. The third kappa shape index (κ3) is 2.36. The molecule has 2 rings (SSSR count). The van der Waals surface area contributed by atoms with Gasteiger partial charge in [-0.1, -0.05) is 32.4 Å². The van der Waals surface area contributed by atoms with E-state index in [0.717, 1.165) is 24.0 Å². The molecule has 2 heteroatoms. The number of aliphatic carboxylic acids is 1. The van der Waals surface area contributed by atoms with Gasteiger partial charge in [-0.25, -0.2) is 0 Å². The predicted octanol–water partition coefficient (Wildman–Crippen LogP) is 3.14. The number of rotatable bonds is 3. The first kappa shape index (κ1) is 12.2. The van der Waals surface area contributed by atoms with Crippen molar-refractivity contribution in [3.63, 3.8) is 0 Å². The van der Waals surface area contributed by atoms with E-state index in [9.17, 15) is 4.79 Å². The average Bonchev–Trinajstić information content (AvgIpc) is 2.55. The number of fused-ring (bicyclic) bond motifs is 1. The van der Waals surface area contributed by atoms with Gasteiger partial charge in [-0.2, -0.15) is 0 Å². The molecule has 1 aromatic carbocycles. The Morgan fingerprint density at radius 3 is 2.47 bits per heavy atom. The fourth-order valence-electron chi connectivity index (χ4n) is 2.78. The molecule has 2 nitrogen and oxygen atoms in total. The van der Waals surface area contributed by atoms with Crippen LogP contribution in [0.15, 0.2) is 12.1 Å². The number of hydrogen-bond donors (Lipinski definition) is 1. The van der Waals surface area contributed by atoms with Gasteiger partial charge in [-0.05, 0) is 47.4 Å². The smallest absolute Gasteiger partial charge is 0.307 e. The highest BCUT2D eigenvalue weighted by Gasteiger charge is 2.31. The summed E-state index contributed by atoms with van der Waals surface area (Å²) in [5.74, 6) is -0.746. The highest BCUT2D eigenvalue weighted by Crippen LogP contribution is 2.40. The van der Waals surface area contributed by atoms with Gasteiger partial charge in [0.25, 0.3) is 0 Å². The van der Waals surface area contributed by atoms with Crippen LogP contribution < -0.4 is 0 Å². The minimum atomic E-state index is -0.746. The minimum absolute atomic E-state index is 0.141. The summed E-state index contributed by atoms with van der Waals surface area (Å²) in [6.45, 7) is 6.57. The van der Waals surface area contributed by atoms with E-state index in [4.69, 9.17) is 5.11 Å². The topological polar surface area (TPSA) is 37.3 Å². The fourth-order valence-corrected chi connectivity index (χ4v) is 2.78. The summed E-state index contributed by atoms with van der Waals surface area (Å²) in [5.41, 5.74) is 5.23. The monoisotopic (exact) mass is 232 g/mol. The molecule has 0 aromatic heterocycles. The maximum atomic E-state index is 10.8. The Balaban J connectivity index is 2.34. The van der Waals surface area contributed by atoms with E-state index in [1.54, 1.807) is 0 Å². The first-order chi connectivity index (χ1) is 7.93. The van der Waals surface area contributed by atoms with Gasteiger partial charge in [-0.15, -0.1) is 0 Å². The Hall–Kier alpha value is -1.31. The van der Waals surface area contributed by atoms with Crippen molar-refractivity contribution >= 4 is 5.97 Å². The van der Waals surface area contributed by atoms with Crippen molar-refractivity contribution in [3.8, 4) is 0 Å². The van der Waals surface area contributed by atoms with E-state index >= 15 is 0 Å². The molecule has 0 heterocycles. The predicted molar refractivity (Wildman–Crippen MR) is 68.3 cm³/mol. The molecule has 1 aliphatic carbocycles. The van der Waals surface area contributed by atoms with Gasteiger partial charge in [-0.3, -0.25) is 4.79 Å². The van der Waals surface area contributed by atoms with Crippen molar-refractivity contribution in [1.29, 1.82) is 0 Å². The molecule has 0 spiro atoms. The molecule has 0 aliphatic heterocycles. The second-order valence-corrected chi connectivity index (χ2v) is 5.64. The number of hydrogen-bond acceptors (Lipinski definition) is 1. The van der Waals surface area contributed by atoms with Gasteiger partial charge in [0, 0.05) is 0 Å². The number of carboxylic acids is 1. The van der Waals surface area contributed by atoms with E-state index in [2.05, 4.69) is 26.0 Å². The van der Waals surface area contributed by atoms with Gasteiger partial charge in [0.15, 0.2) is 0 Å². The van der Waals surface area contributed by atoms with Crippen LogP contribution in [0.1, 0.15) is 42.5 Å². The quantitative estimate of drug-likeness (QED) is 0.869. The number of benzene rings is 1. The molecule has 0 saturated carbocycles. The molecule has 0 fully saturated rings. The Morgan fingerprint density at radius 2 is 1.94 bits per heavy atom. The third-order valence-electron chi connectivity index (χ3n) is 4.09. The molecule has 1 unspecified atom stereocenters. The zero-order chi connectivity index (χ0) is 12.6. The Morgan fingerprint density at radius 1 is 1.35 bits per heavy atom. The van der Waals surface area contributed by atoms with Crippen LogP contribution >= 0.6 is 0 Å². The summed E-state index contributed by atoms with van der Waals surface area (Å²) in [6.07, 6.45) is 3.54. The van der Waals surface area contributed by atoms with Crippen LogP contribution in [0.3, 0.4) is 0 Å². The summed E-state index contributed by atoms with van der Waals surface area (Å²) in [6, 6.07) is 4.30. The van der Waals surface area contributed by atoms with Crippen molar-refractivity contribution in [2.45, 2.75) is 46.5 Å². The number of carboxylic acid groups (broad SMARTS) is 1. The summed E-state index contributed by atoms with van der Waals surface area (Å²) >= 11 is 0. The van der Waals surface area contributed by atoms with E-state index in [0.29, 0.717) is 5.41 Å². The van der Waals surface area contributed by atoms with Crippen LogP contribution in [-0.2, 0) is 24.1 Å². The molecule has 0 saturated heterocycles. The fraction of sp³-hybridized carbons (Fsp3) is 0.533. The molecule has 1 atom stereocenters. The first-order valence-corrected chi connectivity index (χ1v) is 6.26. The lowest BCUT2D eigenvalue weighted by Gasteiger charge is -2.20. The highest BCUT2D eigenvalue weighted by atomic mass is 16.4. The van der Waals surface area contributed by atoms with Crippen molar-refractivity contribution in [2.24, 2.45) is 5.41 Å². The van der Waals surface area contributed by atoms with Crippen molar-refractivity contribution in [2.75, 3.05) is 0 Å². The molecule has 0 bridgehead atoms. The largest absolute Gasteiger partial charge is 0.481 e. The summed E-state index contributed by atoms with van der Waals surface area (Å²) in [4.78, 5) is 10.8. The zero-order valence-electron chi connectivity index (χ0n) is 10.8. The maximum Gasteiger partial charge on any atom is 0.307 e. The minimum Gasteiger partial charge on any atom is -0.481 e. The standard InChI is InChI=1S/C15H20O2/c1-4-15(3)8-12-5-10(2)11(7-14(16)17)6-13(12)9-15/h5-6H,4,7-9H2,1-3H3,(H,16,17).